The predicted molar refractivity (Wildman–Crippen MR) is 64.9 cm³/mol. The number of carbonyl (C=O) groups is 1. The van der Waals surface area contributed by atoms with Gasteiger partial charge in [-0.05, 0) is 12.5 Å². The molecular formula is C11H15N5O. The largest absolute Gasteiger partial charge is 0.338 e. The molecule has 2 aromatic rings. The average Bonchev–Trinajstić information content (AvgIpc) is 2.71. The van der Waals surface area contributed by atoms with Crippen molar-refractivity contribution in [3.8, 4) is 0 Å². The molecule has 2 N–H and O–H groups in total. The minimum atomic E-state index is -0.234. The van der Waals surface area contributed by atoms with Gasteiger partial charge in [0, 0.05) is 18.9 Å². The molecule has 0 fully saturated rings. The van der Waals surface area contributed by atoms with E-state index in [-0.39, 0.29) is 6.03 Å². The minimum absolute atomic E-state index is 0.234. The van der Waals surface area contributed by atoms with Crippen molar-refractivity contribution in [3.05, 3.63) is 24.7 Å². The molecule has 6 heteroatoms. The highest BCUT2D eigenvalue weighted by Gasteiger charge is 2.05. The number of hydrogen-bond donors (Lipinski definition) is 2. The van der Waals surface area contributed by atoms with Gasteiger partial charge in [-0.2, -0.15) is 4.98 Å². The van der Waals surface area contributed by atoms with E-state index in [2.05, 4.69) is 27.5 Å². The topological polar surface area (TPSA) is 71.3 Å². The molecular weight excluding hydrogens is 218 g/mol. The Morgan fingerprint density at radius 3 is 3.18 bits per heavy atom. The first-order chi connectivity index (χ1) is 8.29. The maximum absolute atomic E-state index is 11.5. The van der Waals surface area contributed by atoms with Gasteiger partial charge in [0.05, 0.1) is 6.20 Å². The van der Waals surface area contributed by atoms with Crippen LogP contribution in [-0.2, 0) is 0 Å². The number of anilines is 1. The Labute approximate surface area is 99.1 Å². The Kier molecular flexibility index (Phi) is 3.54. The maximum Gasteiger partial charge on any atom is 0.320 e. The molecule has 0 radical (unpaired) electrons. The fourth-order valence-corrected chi connectivity index (χ4v) is 1.43. The zero-order valence-corrected chi connectivity index (χ0v) is 9.68. The van der Waals surface area contributed by atoms with E-state index >= 15 is 0 Å². The Bertz CT molecular complexity index is 474. The lowest BCUT2D eigenvalue weighted by atomic mass is 10.3. The summed E-state index contributed by atoms with van der Waals surface area (Å²) in [6, 6.07) is 1.57. The molecule has 0 atom stereocenters. The molecule has 0 aliphatic heterocycles. The summed E-state index contributed by atoms with van der Waals surface area (Å²) in [6.45, 7) is 2.75. The molecule has 2 aromatic heterocycles. The molecule has 17 heavy (non-hydrogen) atoms. The normalized spacial score (nSPS) is 10.4. The number of carbonyl (C=O) groups excluding carboxylic acids is 1. The molecule has 0 spiro atoms. The second kappa shape index (κ2) is 5.29. The number of fused-ring (bicyclic) bond motifs is 1. The minimum Gasteiger partial charge on any atom is -0.338 e. The molecule has 0 saturated heterocycles. The van der Waals surface area contributed by atoms with E-state index < -0.39 is 0 Å². The van der Waals surface area contributed by atoms with Gasteiger partial charge < -0.3 is 5.32 Å². The standard InChI is InChI=1S/C11H15N5O/c1-2-3-5-13-11(17)15-9-8-16-7-4-6-12-10(16)14-9/h4,6-8H,2-3,5H2,1H3,(H2,13,15,17). The van der Waals surface area contributed by atoms with Crippen LogP contribution in [0.25, 0.3) is 5.78 Å². The fourth-order valence-electron chi connectivity index (χ4n) is 1.43. The number of rotatable bonds is 4. The highest BCUT2D eigenvalue weighted by atomic mass is 16.2. The van der Waals surface area contributed by atoms with Gasteiger partial charge in [-0.15, -0.1) is 0 Å². The zero-order chi connectivity index (χ0) is 12.1. The van der Waals surface area contributed by atoms with Gasteiger partial charge in [-0.1, -0.05) is 13.3 Å². The zero-order valence-electron chi connectivity index (χ0n) is 9.68. The highest BCUT2D eigenvalue weighted by molar-refractivity contribution is 5.88. The first-order valence-corrected chi connectivity index (χ1v) is 5.64. The number of nitrogens with zero attached hydrogens (tertiary/aromatic N) is 3. The Balaban J connectivity index is 1.96. The third kappa shape index (κ3) is 2.93. The number of amides is 2. The van der Waals surface area contributed by atoms with Crippen LogP contribution < -0.4 is 10.6 Å². The second-order valence-electron chi connectivity index (χ2n) is 3.69. The van der Waals surface area contributed by atoms with Crippen LogP contribution in [0.4, 0.5) is 10.6 Å². The SMILES string of the molecule is CCCCNC(=O)Nc1cn2cccnc2n1. The molecule has 0 aliphatic carbocycles. The monoisotopic (exact) mass is 233 g/mol. The Morgan fingerprint density at radius 2 is 2.41 bits per heavy atom. The molecule has 90 valence electrons. The molecule has 0 unspecified atom stereocenters. The number of aromatic nitrogens is 3. The van der Waals surface area contributed by atoms with Crippen molar-refractivity contribution in [1.82, 2.24) is 19.7 Å². The summed E-state index contributed by atoms with van der Waals surface area (Å²) < 4.78 is 1.75. The quantitative estimate of drug-likeness (QED) is 0.789. The van der Waals surface area contributed by atoms with Crippen molar-refractivity contribution in [2.75, 3.05) is 11.9 Å². The van der Waals surface area contributed by atoms with Crippen LogP contribution in [0.5, 0.6) is 0 Å². The lowest BCUT2D eigenvalue weighted by molar-refractivity contribution is 0.252. The smallest absolute Gasteiger partial charge is 0.320 e. The fraction of sp³-hybridized carbons (Fsp3) is 0.364. The van der Waals surface area contributed by atoms with E-state index in [4.69, 9.17) is 0 Å². The molecule has 6 nitrogen and oxygen atoms in total. The van der Waals surface area contributed by atoms with Gasteiger partial charge >= 0.3 is 6.03 Å². The third-order valence-electron chi connectivity index (χ3n) is 2.29. The van der Waals surface area contributed by atoms with Crippen molar-refractivity contribution in [2.24, 2.45) is 0 Å². The van der Waals surface area contributed by atoms with Crippen LogP contribution >= 0.6 is 0 Å². The van der Waals surface area contributed by atoms with E-state index in [1.165, 1.54) is 0 Å². The molecule has 2 heterocycles. The molecule has 0 bridgehead atoms. The van der Waals surface area contributed by atoms with Crippen LogP contribution in [-0.4, -0.2) is 26.9 Å². The highest BCUT2D eigenvalue weighted by Crippen LogP contribution is 2.06. The number of nitrogens with one attached hydrogen (secondary N) is 2. The van der Waals surface area contributed by atoms with E-state index in [1.54, 1.807) is 22.9 Å². The van der Waals surface area contributed by atoms with Crippen LogP contribution in [0.2, 0.25) is 0 Å². The number of hydrogen-bond acceptors (Lipinski definition) is 3. The van der Waals surface area contributed by atoms with E-state index in [0.29, 0.717) is 18.1 Å². The van der Waals surface area contributed by atoms with Gasteiger partial charge in [0.15, 0.2) is 5.82 Å². The third-order valence-corrected chi connectivity index (χ3v) is 2.29. The summed E-state index contributed by atoms with van der Waals surface area (Å²) in [6.07, 6.45) is 7.24. The van der Waals surface area contributed by atoms with Crippen molar-refractivity contribution in [2.45, 2.75) is 19.8 Å². The molecule has 0 aliphatic rings. The summed E-state index contributed by atoms with van der Waals surface area (Å²) in [7, 11) is 0. The molecule has 0 aromatic carbocycles. The second-order valence-corrected chi connectivity index (χ2v) is 3.69. The summed E-state index contributed by atoms with van der Waals surface area (Å²) in [5, 5.41) is 5.42. The van der Waals surface area contributed by atoms with E-state index in [1.807, 2.05) is 6.20 Å². The van der Waals surface area contributed by atoms with Gasteiger partial charge in [0.1, 0.15) is 0 Å². The summed E-state index contributed by atoms with van der Waals surface area (Å²) in [5.74, 6) is 1.06. The van der Waals surface area contributed by atoms with Gasteiger partial charge in [-0.3, -0.25) is 9.72 Å². The maximum atomic E-state index is 11.5. The van der Waals surface area contributed by atoms with Crippen molar-refractivity contribution in [3.63, 3.8) is 0 Å². The van der Waals surface area contributed by atoms with E-state index in [0.717, 1.165) is 12.8 Å². The van der Waals surface area contributed by atoms with Crippen LogP contribution in [0, 0.1) is 0 Å². The number of urea groups is 1. The average molecular weight is 233 g/mol. The number of unbranched alkanes of at least 4 members (excludes halogenated alkanes) is 1. The Morgan fingerprint density at radius 1 is 1.53 bits per heavy atom. The summed E-state index contributed by atoms with van der Waals surface area (Å²) in [5.41, 5.74) is 0. The molecule has 2 amide bonds. The van der Waals surface area contributed by atoms with Gasteiger partial charge in [-0.25, -0.2) is 9.78 Å². The van der Waals surface area contributed by atoms with Crippen molar-refractivity contribution < 1.29 is 4.79 Å². The lowest BCUT2D eigenvalue weighted by Crippen LogP contribution is -2.29. The summed E-state index contributed by atoms with van der Waals surface area (Å²) in [4.78, 5) is 19.7. The number of imidazole rings is 1. The predicted octanol–water partition coefficient (Wildman–Crippen LogP) is 1.65. The molecule has 2 rings (SSSR count). The van der Waals surface area contributed by atoms with Crippen LogP contribution in [0.3, 0.4) is 0 Å². The first kappa shape index (κ1) is 11.4. The van der Waals surface area contributed by atoms with Crippen LogP contribution in [0.1, 0.15) is 19.8 Å². The van der Waals surface area contributed by atoms with Crippen molar-refractivity contribution in [1.29, 1.82) is 0 Å². The van der Waals surface area contributed by atoms with Gasteiger partial charge in [0.2, 0.25) is 5.78 Å². The summed E-state index contributed by atoms with van der Waals surface area (Å²) >= 11 is 0. The lowest BCUT2D eigenvalue weighted by Gasteiger charge is -2.03. The van der Waals surface area contributed by atoms with Gasteiger partial charge in [0.25, 0.3) is 0 Å². The van der Waals surface area contributed by atoms with E-state index in [9.17, 15) is 4.79 Å². The Hall–Kier alpha value is -2.11. The van der Waals surface area contributed by atoms with Crippen molar-refractivity contribution >= 4 is 17.6 Å². The first-order valence-electron chi connectivity index (χ1n) is 5.64. The van der Waals surface area contributed by atoms with Crippen LogP contribution in [0.15, 0.2) is 24.7 Å². The molecule has 0 saturated carbocycles.